The van der Waals surface area contributed by atoms with Crippen molar-refractivity contribution in [2.24, 2.45) is 0 Å². The summed E-state index contributed by atoms with van der Waals surface area (Å²) in [7, 11) is 2.59. The maximum Gasteiger partial charge on any atom is 0.338 e. The number of rotatable bonds is 2. The average molecular weight is 250 g/mol. The first kappa shape index (κ1) is 14.2. The van der Waals surface area contributed by atoms with Crippen molar-refractivity contribution < 1.29 is 19.1 Å². The van der Waals surface area contributed by atoms with E-state index in [4.69, 9.17) is 9.47 Å². The van der Waals surface area contributed by atoms with Crippen LogP contribution in [0.4, 0.5) is 0 Å². The number of ether oxygens (including phenoxy) is 2. The first-order valence-corrected chi connectivity index (χ1v) is 5.73. The third-order valence-corrected chi connectivity index (χ3v) is 3.05. The van der Waals surface area contributed by atoms with Crippen LogP contribution in [0.15, 0.2) is 34.4 Å². The molecule has 0 atom stereocenters. The van der Waals surface area contributed by atoms with E-state index < -0.39 is 11.9 Å². The van der Waals surface area contributed by atoms with E-state index in [-0.39, 0.29) is 11.1 Å². The van der Waals surface area contributed by atoms with Gasteiger partial charge in [0.15, 0.2) is 0 Å². The zero-order chi connectivity index (χ0) is 13.7. The molecule has 0 heterocycles. The molecule has 0 saturated heterocycles. The molecule has 1 aliphatic carbocycles. The fourth-order valence-electron chi connectivity index (χ4n) is 1.69. The van der Waals surface area contributed by atoms with Gasteiger partial charge in [-0.15, -0.1) is 0 Å². The molecule has 0 spiro atoms. The molecular weight excluding hydrogens is 232 g/mol. The van der Waals surface area contributed by atoms with Crippen molar-refractivity contribution in [1.29, 1.82) is 0 Å². The fraction of sp³-hybridized carbons (Fsp3) is 0.429. The molecule has 0 amide bonds. The Hall–Kier alpha value is -1.84. The maximum atomic E-state index is 11.7. The van der Waals surface area contributed by atoms with E-state index in [9.17, 15) is 9.59 Å². The van der Waals surface area contributed by atoms with Crippen LogP contribution < -0.4 is 0 Å². The minimum absolute atomic E-state index is 0.274. The van der Waals surface area contributed by atoms with Crippen LogP contribution in [-0.2, 0) is 19.1 Å². The van der Waals surface area contributed by atoms with Crippen molar-refractivity contribution in [3.05, 3.63) is 34.4 Å². The number of methoxy groups -OCH3 is 2. The molecule has 0 aromatic heterocycles. The van der Waals surface area contributed by atoms with Gasteiger partial charge in [-0.2, -0.15) is 0 Å². The number of esters is 2. The predicted molar refractivity (Wildman–Crippen MR) is 67.8 cm³/mol. The molecule has 1 rings (SSSR count). The lowest BCUT2D eigenvalue weighted by Gasteiger charge is -2.13. The summed E-state index contributed by atoms with van der Waals surface area (Å²) >= 11 is 0. The second kappa shape index (κ2) is 6.19. The van der Waals surface area contributed by atoms with Gasteiger partial charge in [-0.1, -0.05) is 23.3 Å². The number of allylic oxidation sites excluding steroid dienone is 4. The zero-order valence-corrected chi connectivity index (χ0v) is 11.2. The lowest BCUT2D eigenvalue weighted by molar-refractivity contribution is -0.139. The molecule has 0 unspecified atom stereocenters. The molecule has 0 bridgehead atoms. The van der Waals surface area contributed by atoms with E-state index >= 15 is 0 Å². The Morgan fingerprint density at radius 3 is 1.50 bits per heavy atom. The summed E-state index contributed by atoms with van der Waals surface area (Å²) in [5.74, 6) is -1.03. The van der Waals surface area contributed by atoms with Crippen LogP contribution in [0.25, 0.3) is 0 Å². The Morgan fingerprint density at radius 1 is 0.889 bits per heavy atom. The van der Waals surface area contributed by atoms with Crippen molar-refractivity contribution in [3.8, 4) is 0 Å². The molecule has 0 aliphatic heterocycles. The van der Waals surface area contributed by atoms with E-state index in [1.54, 1.807) is 12.2 Å². The molecule has 0 fully saturated rings. The third kappa shape index (κ3) is 3.09. The summed E-state index contributed by atoms with van der Waals surface area (Å²) in [6.45, 7) is 4.02. The molecule has 0 radical (unpaired) electrons. The molecule has 4 nitrogen and oxygen atoms in total. The fourth-order valence-corrected chi connectivity index (χ4v) is 1.69. The van der Waals surface area contributed by atoms with Crippen LogP contribution in [0.5, 0.6) is 0 Å². The molecule has 4 heteroatoms. The molecular formula is C14H18O4. The molecule has 1 aliphatic rings. The Labute approximate surface area is 107 Å². The Kier molecular flexibility index (Phi) is 4.89. The van der Waals surface area contributed by atoms with Gasteiger partial charge < -0.3 is 9.47 Å². The van der Waals surface area contributed by atoms with E-state index in [1.807, 2.05) is 13.8 Å². The van der Waals surface area contributed by atoms with E-state index in [1.165, 1.54) is 25.4 Å². The molecule has 0 N–H and O–H groups in total. The highest BCUT2D eigenvalue weighted by Crippen LogP contribution is 2.23. The second-order valence-corrected chi connectivity index (χ2v) is 4.19. The van der Waals surface area contributed by atoms with Crippen molar-refractivity contribution >= 4 is 11.9 Å². The summed E-state index contributed by atoms with van der Waals surface area (Å²) in [5, 5.41) is 0. The van der Waals surface area contributed by atoms with Gasteiger partial charge in [-0.25, -0.2) is 9.59 Å². The molecule has 98 valence electrons. The predicted octanol–water partition coefficient (Wildman–Crippen LogP) is 2.32. The normalized spacial score (nSPS) is 26.0. The van der Waals surface area contributed by atoms with Gasteiger partial charge in [0.2, 0.25) is 0 Å². The number of hydrogen-bond acceptors (Lipinski definition) is 4. The monoisotopic (exact) mass is 250 g/mol. The van der Waals surface area contributed by atoms with Gasteiger partial charge in [0.25, 0.3) is 0 Å². The van der Waals surface area contributed by atoms with Gasteiger partial charge in [-0.3, -0.25) is 0 Å². The number of hydrogen-bond donors (Lipinski definition) is 0. The lowest BCUT2D eigenvalue weighted by Crippen LogP contribution is -2.16. The summed E-state index contributed by atoms with van der Waals surface area (Å²) < 4.78 is 9.40. The minimum Gasteiger partial charge on any atom is -0.465 e. The summed E-state index contributed by atoms with van der Waals surface area (Å²) in [6, 6.07) is 0. The SMILES string of the molecule is COC(=O)C1=C/C/C(C)=C(/C)C/C=C\1C(=O)OC. The first-order valence-electron chi connectivity index (χ1n) is 5.73. The summed E-state index contributed by atoms with van der Waals surface area (Å²) in [4.78, 5) is 23.4. The van der Waals surface area contributed by atoms with Gasteiger partial charge in [0.05, 0.1) is 25.4 Å². The largest absolute Gasteiger partial charge is 0.465 e. The van der Waals surface area contributed by atoms with Crippen LogP contribution in [0, 0.1) is 0 Å². The summed E-state index contributed by atoms with van der Waals surface area (Å²) in [6.07, 6.45) is 4.69. The Morgan fingerprint density at radius 2 is 1.22 bits per heavy atom. The van der Waals surface area contributed by atoms with Gasteiger partial charge in [0, 0.05) is 0 Å². The van der Waals surface area contributed by atoms with Crippen LogP contribution in [-0.4, -0.2) is 26.2 Å². The average Bonchev–Trinajstić information content (AvgIpc) is 2.38. The minimum atomic E-state index is -0.515. The summed E-state index contributed by atoms with van der Waals surface area (Å²) in [5.41, 5.74) is 2.93. The standard InChI is InChI=1S/C14H18O4/c1-9-5-7-11(13(15)17-3)12(14(16)18-4)8-6-10(9)2/h7-8H,5-6H2,1-4H3/b10-9-,11-7+,12-8+. The molecule has 0 aromatic carbocycles. The van der Waals surface area contributed by atoms with Crippen molar-refractivity contribution in [2.45, 2.75) is 26.7 Å². The highest BCUT2D eigenvalue weighted by molar-refractivity contribution is 6.07. The van der Waals surface area contributed by atoms with Crippen molar-refractivity contribution in [3.63, 3.8) is 0 Å². The highest BCUT2D eigenvalue weighted by Gasteiger charge is 2.22. The Balaban J connectivity index is 3.23. The number of carbonyl (C=O) groups excluding carboxylic acids is 2. The van der Waals surface area contributed by atoms with Gasteiger partial charge in [0.1, 0.15) is 0 Å². The molecule has 18 heavy (non-hydrogen) atoms. The maximum absolute atomic E-state index is 11.7. The highest BCUT2D eigenvalue weighted by atomic mass is 16.5. The third-order valence-electron chi connectivity index (χ3n) is 3.05. The molecule has 0 saturated carbocycles. The smallest absolute Gasteiger partial charge is 0.338 e. The second-order valence-electron chi connectivity index (χ2n) is 4.19. The van der Waals surface area contributed by atoms with Crippen LogP contribution in [0.3, 0.4) is 0 Å². The van der Waals surface area contributed by atoms with Crippen LogP contribution >= 0.6 is 0 Å². The zero-order valence-electron chi connectivity index (χ0n) is 11.2. The first-order chi connectivity index (χ1) is 8.51. The lowest BCUT2D eigenvalue weighted by atomic mass is 9.95. The quantitative estimate of drug-likeness (QED) is 0.557. The van der Waals surface area contributed by atoms with E-state index in [0.717, 1.165) is 0 Å². The van der Waals surface area contributed by atoms with Crippen LogP contribution in [0.2, 0.25) is 0 Å². The van der Waals surface area contributed by atoms with Crippen molar-refractivity contribution in [1.82, 2.24) is 0 Å². The van der Waals surface area contributed by atoms with Gasteiger partial charge in [-0.05, 0) is 26.7 Å². The molecule has 0 aromatic rings. The van der Waals surface area contributed by atoms with E-state index in [0.29, 0.717) is 12.8 Å². The van der Waals surface area contributed by atoms with Gasteiger partial charge >= 0.3 is 11.9 Å². The number of carbonyl (C=O) groups is 2. The van der Waals surface area contributed by atoms with E-state index in [2.05, 4.69) is 0 Å². The topological polar surface area (TPSA) is 52.6 Å². The van der Waals surface area contributed by atoms with Crippen molar-refractivity contribution in [2.75, 3.05) is 14.2 Å². The Bertz CT molecular complexity index is 410. The van der Waals surface area contributed by atoms with Crippen LogP contribution in [0.1, 0.15) is 26.7 Å².